The largest absolute Gasteiger partial charge is 0.330 e. The molecule has 0 aliphatic carbocycles. The zero-order chi connectivity index (χ0) is 17.4. The molecular formula is C16H36N4O2. The fourth-order valence-corrected chi connectivity index (χ4v) is 2.09. The van der Waals surface area contributed by atoms with Gasteiger partial charge in [0.25, 0.3) is 0 Å². The average Bonchev–Trinajstić information content (AvgIpc) is 2.48. The number of nitrogens with one attached hydrogen (secondary N) is 2. The molecule has 132 valence electrons. The lowest BCUT2D eigenvalue weighted by Crippen LogP contribution is -2.32. The monoisotopic (exact) mass is 316 g/mol. The van der Waals surface area contributed by atoms with Gasteiger partial charge in [0.15, 0.2) is 0 Å². The lowest BCUT2D eigenvalue weighted by Gasteiger charge is -2.11. The van der Waals surface area contributed by atoms with Crippen molar-refractivity contribution in [1.29, 1.82) is 0 Å². The quantitative estimate of drug-likeness (QED) is 0.392. The van der Waals surface area contributed by atoms with Crippen molar-refractivity contribution in [1.82, 2.24) is 10.6 Å². The second-order valence-electron chi connectivity index (χ2n) is 5.47. The van der Waals surface area contributed by atoms with Crippen LogP contribution in [0.2, 0.25) is 0 Å². The van der Waals surface area contributed by atoms with E-state index in [1.807, 2.05) is 14.1 Å². The zero-order valence-electron chi connectivity index (χ0n) is 14.8. The van der Waals surface area contributed by atoms with Gasteiger partial charge in [-0.2, -0.15) is 0 Å². The third kappa shape index (κ3) is 14.1. The first-order valence-corrected chi connectivity index (χ1v) is 8.20. The summed E-state index contributed by atoms with van der Waals surface area (Å²) in [6, 6.07) is 0.0584. The second-order valence-corrected chi connectivity index (χ2v) is 5.47. The average molecular weight is 316 g/mol. The summed E-state index contributed by atoms with van der Waals surface area (Å²) in [5, 5.41) is 5.94. The molecule has 0 aliphatic rings. The Morgan fingerprint density at radius 1 is 0.773 bits per heavy atom. The summed E-state index contributed by atoms with van der Waals surface area (Å²) in [7, 11) is 3.63. The molecule has 6 nitrogen and oxygen atoms in total. The maximum atomic E-state index is 10.9. The van der Waals surface area contributed by atoms with Crippen LogP contribution in [0.15, 0.2) is 0 Å². The molecular weight excluding hydrogens is 280 g/mol. The van der Waals surface area contributed by atoms with Gasteiger partial charge < -0.3 is 22.1 Å². The van der Waals surface area contributed by atoms with E-state index >= 15 is 0 Å². The maximum Gasteiger partial charge on any atom is 0.146 e. The van der Waals surface area contributed by atoms with Crippen molar-refractivity contribution in [3.63, 3.8) is 0 Å². The summed E-state index contributed by atoms with van der Waals surface area (Å²) < 4.78 is 0. The molecule has 0 aromatic rings. The van der Waals surface area contributed by atoms with E-state index in [0.29, 0.717) is 13.1 Å². The third-order valence-corrected chi connectivity index (χ3v) is 3.57. The molecule has 0 spiro atoms. The summed E-state index contributed by atoms with van der Waals surface area (Å²) in [4.78, 5) is 21.8. The van der Waals surface area contributed by atoms with E-state index in [0.717, 1.165) is 38.5 Å². The molecule has 0 amide bonds. The van der Waals surface area contributed by atoms with Crippen LogP contribution >= 0.6 is 0 Å². The minimum Gasteiger partial charge on any atom is -0.330 e. The van der Waals surface area contributed by atoms with E-state index in [-0.39, 0.29) is 23.7 Å². The van der Waals surface area contributed by atoms with Crippen LogP contribution in [-0.2, 0) is 9.59 Å². The Kier molecular flexibility index (Phi) is 17.6. The van der Waals surface area contributed by atoms with Crippen molar-refractivity contribution < 1.29 is 9.59 Å². The molecule has 6 N–H and O–H groups in total. The van der Waals surface area contributed by atoms with Gasteiger partial charge in [0.2, 0.25) is 0 Å². The van der Waals surface area contributed by atoms with Gasteiger partial charge in [0, 0.05) is 0 Å². The topological polar surface area (TPSA) is 110 Å². The van der Waals surface area contributed by atoms with Crippen LogP contribution in [0, 0.1) is 0 Å². The molecule has 0 unspecified atom stereocenters. The van der Waals surface area contributed by atoms with Gasteiger partial charge in [0.05, 0.1) is 12.1 Å². The Labute approximate surface area is 135 Å². The van der Waals surface area contributed by atoms with E-state index in [1.54, 1.807) is 13.8 Å². The van der Waals surface area contributed by atoms with Crippen molar-refractivity contribution in [2.24, 2.45) is 11.5 Å². The van der Waals surface area contributed by atoms with Crippen molar-refractivity contribution in [3.05, 3.63) is 0 Å². The molecule has 0 fully saturated rings. The van der Waals surface area contributed by atoms with E-state index in [2.05, 4.69) is 10.6 Å². The van der Waals surface area contributed by atoms with Gasteiger partial charge in [0.1, 0.15) is 11.6 Å². The van der Waals surface area contributed by atoms with E-state index < -0.39 is 0 Å². The standard InChI is InChI=1S/2C8H18N2O/c2*1-7(11)8(10-2)5-3-4-6-9/h2*8,10H,3-6,9H2,1-2H3/t2*8-/m00/s1. The Morgan fingerprint density at radius 3 is 1.27 bits per heavy atom. The molecule has 0 aromatic carbocycles. The summed E-state index contributed by atoms with van der Waals surface area (Å²) in [5.41, 5.74) is 10.7. The summed E-state index contributed by atoms with van der Waals surface area (Å²) >= 11 is 0. The number of Topliss-reactive ketones (excluding diaryl/α,β-unsaturated/α-hetero) is 2. The van der Waals surface area contributed by atoms with Crippen molar-refractivity contribution in [2.75, 3.05) is 27.2 Å². The van der Waals surface area contributed by atoms with Crippen LogP contribution in [0.3, 0.4) is 0 Å². The van der Waals surface area contributed by atoms with Gasteiger partial charge in [-0.1, -0.05) is 12.8 Å². The van der Waals surface area contributed by atoms with Crippen LogP contribution in [0.25, 0.3) is 0 Å². The molecule has 0 saturated heterocycles. The number of carbonyl (C=O) groups excluding carboxylic acids is 2. The molecule has 2 atom stereocenters. The number of carbonyl (C=O) groups is 2. The Hall–Kier alpha value is -0.820. The summed E-state index contributed by atoms with van der Waals surface area (Å²) in [5.74, 6) is 0.425. The molecule has 0 aliphatic heterocycles. The third-order valence-electron chi connectivity index (χ3n) is 3.57. The number of nitrogens with two attached hydrogens (primary N) is 2. The van der Waals surface area contributed by atoms with Crippen LogP contribution in [0.4, 0.5) is 0 Å². The minimum absolute atomic E-state index is 0.0292. The Balaban J connectivity index is 0. The fraction of sp³-hybridized carbons (Fsp3) is 0.875. The van der Waals surface area contributed by atoms with E-state index in [1.165, 1.54) is 0 Å². The molecule has 0 rings (SSSR count). The predicted molar refractivity (Wildman–Crippen MR) is 92.9 cm³/mol. The number of ketones is 2. The Bertz CT molecular complexity index is 257. The van der Waals surface area contributed by atoms with Crippen molar-refractivity contribution in [2.45, 2.75) is 64.5 Å². The second kappa shape index (κ2) is 16.5. The highest BCUT2D eigenvalue weighted by Gasteiger charge is 2.10. The van der Waals surface area contributed by atoms with E-state index in [9.17, 15) is 9.59 Å². The first kappa shape index (κ1) is 23.4. The smallest absolute Gasteiger partial charge is 0.146 e. The van der Waals surface area contributed by atoms with Crippen LogP contribution in [0.5, 0.6) is 0 Å². The SMILES string of the molecule is CN[C@@H](CCCCN)C(C)=O.CN[C@@H](CCCCN)C(C)=O. The highest BCUT2D eigenvalue weighted by Crippen LogP contribution is 2.00. The molecule has 22 heavy (non-hydrogen) atoms. The lowest BCUT2D eigenvalue weighted by molar-refractivity contribution is -0.119. The first-order valence-electron chi connectivity index (χ1n) is 8.20. The molecule has 0 saturated carbocycles. The van der Waals surface area contributed by atoms with Crippen molar-refractivity contribution in [3.8, 4) is 0 Å². The normalized spacial score (nSPS) is 13.0. The number of hydrogen-bond acceptors (Lipinski definition) is 6. The molecule has 0 radical (unpaired) electrons. The number of likely N-dealkylation sites (N-methyl/N-ethyl adjacent to an activating group) is 2. The maximum absolute atomic E-state index is 10.9. The molecule has 0 heterocycles. The van der Waals surface area contributed by atoms with Gasteiger partial charge >= 0.3 is 0 Å². The van der Waals surface area contributed by atoms with Gasteiger partial charge in [-0.25, -0.2) is 0 Å². The van der Waals surface area contributed by atoms with Gasteiger partial charge in [-0.15, -0.1) is 0 Å². The van der Waals surface area contributed by atoms with Crippen LogP contribution in [0.1, 0.15) is 52.4 Å². The number of rotatable bonds is 12. The summed E-state index contributed by atoms with van der Waals surface area (Å²) in [6.45, 7) is 4.66. The minimum atomic E-state index is 0.0292. The lowest BCUT2D eigenvalue weighted by atomic mass is 10.1. The Morgan fingerprint density at radius 2 is 1.09 bits per heavy atom. The molecule has 6 heteroatoms. The van der Waals surface area contributed by atoms with Crippen LogP contribution < -0.4 is 22.1 Å². The first-order chi connectivity index (χ1) is 10.4. The summed E-state index contributed by atoms with van der Waals surface area (Å²) in [6.07, 6.45) is 5.88. The van der Waals surface area contributed by atoms with Gasteiger partial charge in [-0.05, 0) is 66.7 Å². The fourth-order valence-electron chi connectivity index (χ4n) is 2.09. The molecule has 0 aromatic heterocycles. The van der Waals surface area contributed by atoms with Crippen molar-refractivity contribution >= 4 is 11.6 Å². The highest BCUT2D eigenvalue weighted by atomic mass is 16.1. The number of unbranched alkanes of at least 4 members (excludes halogenated alkanes) is 2. The zero-order valence-corrected chi connectivity index (χ0v) is 14.8. The number of hydrogen-bond donors (Lipinski definition) is 4. The van der Waals surface area contributed by atoms with Gasteiger partial charge in [-0.3, -0.25) is 9.59 Å². The van der Waals surface area contributed by atoms with Crippen LogP contribution in [-0.4, -0.2) is 50.8 Å². The highest BCUT2D eigenvalue weighted by molar-refractivity contribution is 5.81. The van der Waals surface area contributed by atoms with E-state index in [4.69, 9.17) is 11.5 Å². The predicted octanol–water partition coefficient (Wildman–Crippen LogP) is 0.585. The molecule has 0 bridgehead atoms.